The van der Waals surface area contributed by atoms with E-state index in [1.807, 2.05) is 0 Å². The third-order valence-electron chi connectivity index (χ3n) is 3.64. The first-order valence-corrected chi connectivity index (χ1v) is 8.78. The van der Waals surface area contributed by atoms with Gasteiger partial charge in [-0.1, -0.05) is 28.1 Å². The minimum absolute atomic E-state index is 0.499. The van der Waals surface area contributed by atoms with Crippen molar-refractivity contribution < 1.29 is 0 Å². The number of benzene rings is 1. The fourth-order valence-corrected chi connectivity index (χ4v) is 3.64. The molecule has 0 amide bonds. The quantitative estimate of drug-likeness (QED) is 0.840. The van der Waals surface area contributed by atoms with Gasteiger partial charge in [-0.05, 0) is 37.5 Å². The van der Waals surface area contributed by atoms with Crippen LogP contribution in [0.4, 0.5) is 0 Å². The topological polar surface area (TPSA) is 24.9 Å². The smallest absolute Gasteiger partial charge is 0.0934 e. The van der Waals surface area contributed by atoms with Crippen LogP contribution in [-0.2, 0) is 6.42 Å². The molecule has 1 unspecified atom stereocenters. The zero-order valence-electron chi connectivity index (χ0n) is 11.6. The summed E-state index contributed by atoms with van der Waals surface area (Å²) in [5.41, 5.74) is 2.52. The second-order valence-electron chi connectivity index (χ2n) is 5.52. The predicted molar refractivity (Wildman–Crippen MR) is 88.5 cm³/mol. The van der Waals surface area contributed by atoms with E-state index >= 15 is 0 Å². The van der Waals surface area contributed by atoms with Crippen molar-refractivity contribution in [2.45, 2.75) is 38.1 Å². The number of aromatic nitrogens is 1. The van der Waals surface area contributed by atoms with Gasteiger partial charge in [0.1, 0.15) is 0 Å². The molecule has 4 heteroatoms. The van der Waals surface area contributed by atoms with E-state index < -0.39 is 0 Å². The Morgan fingerprint density at radius 1 is 1.45 bits per heavy atom. The molecule has 0 saturated heterocycles. The molecular formula is C16H19BrN2S. The summed E-state index contributed by atoms with van der Waals surface area (Å²) >= 11 is 5.35. The van der Waals surface area contributed by atoms with Crippen LogP contribution in [0.3, 0.4) is 0 Å². The number of aryl methyl sites for hydroxylation is 1. The third kappa shape index (κ3) is 3.90. The Kier molecular flexibility index (Phi) is 4.54. The van der Waals surface area contributed by atoms with Gasteiger partial charge in [-0.15, -0.1) is 11.3 Å². The Morgan fingerprint density at radius 3 is 2.95 bits per heavy atom. The predicted octanol–water partition coefficient (Wildman–Crippen LogP) is 4.29. The van der Waals surface area contributed by atoms with Gasteiger partial charge in [-0.2, -0.15) is 0 Å². The summed E-state index contributed by atoms with van der Waals surface area (Å²) in [6, 6.07) is 9.42. The van der Waals surface area contributed by atoms with Crippen LogP contribution in [0.1, 0.15) is 35.0 Å². The average molecular weight is 351 g/mol. The summed E-state index contributed by atoms with van der Waals surface area (Å²) in [7, 11) is 0. The second-order valence-corrected chi connectivity index (χ2v) is 7.38. The van der Waals surface area contributed by atoms with Crippen LogP contribution in [0, 0.1) is 6.92 Å². The second kappa shape index (κ2) is 6.37. The molecule has 1 aliphatic carbocycles. The van der Waals surface area contributed by atoms with E-state index in [0.29, 0.717) is 5.92 Å². The van der Waals surface area contributed by atoms with Crippen LogP contribution in [0.2, 0.25) is 0 Å². The summed E-state index contributed by atoms with van der Waals surface area (Å²) in [5.74, 6) is 0.499. The fourth-order valence-electron chi connectivity index (χ4n) is 2.37. The van der Waals surface area contributed by atoms with Gasteiger partial charge in [0.25, 0.3) is 0 Å². The molecule has 1 aromatic carbocycles. The summed E-state index contributed by atoms with van der Waals surface area (Å²) in [5, 5.41) is 7.04. The van der Waals surface area contributed by atoms with E-state index in [-0.39, 0.29) is 0 Å². The molecular weight excluding hydrogens is 332 g/mol. The molecule has 2 nitrogen and oxygen atoms in total. The lowest BCUT2D eigenvalue weighted by Crippen LogP contribution is -2.24. The molecule has 1 heterocycles. The number of thiazole rings is 1. The number of hydrogen-bond donors (Lipinski definition) is 1. The van der Waals surface area contributed by atoms with Gasteiger partial charge in [0.2, 0.25) is 0 Å². The maximum atomic E-state index is 4.62. The zero-order chi connectivity index (χ0) is 13.9. The van der Waals surface area contributed by atoms with Gasteiger partial charge in [0, 0.05) is 40.5 Å². The van der Waals surface area contributed by atoms with Crippen LogP contribution < -0.4 is 5.32 Å². The van der Waals surface area contributed by atoms with Gasteiger partial charge >= 0.3 is 0 Å². The molecule has 2 aromatic rings. The van der Waals surface area contributed by atoms with Crippen molar-refractivity contribution in [1.29, 1.82) is 0 Å². The standard InChI is InChI=1S/C16H19BrN2S/c1-11-10-20-16(19-11)8-13(9-18-15-5-6-15)12-3-2-4-14(17)7-12/h2-4,7,10,13,15,18H,5-6,8-9H2,1H3. The summed E-state index contributed by atoms with van der Waals surface area (Å²) in [6.07, 6.45) is 3.69. The number of halogens is 1. The molecule has 20 heavy (non-hydrogen) atoms. The first kappa shape index (κ1) is 14.2. The minimum Gasteiger partial charge on any atom is -0.313 e. The van der Waals surface area contributed by atoms with Crippen molar-refractivity contribution in [3.63, 3.8) is 0 Å². The monoisotopic (exact) mass is 350 g/mol. The van der Waals surface area contributed by atoms with Crippen LogP contribution >= 0.6 is 27.3 Å². The van der Waals surface area contributed by atoms with E-state index in [9.17, 15) is 0 Å². The number of rotatable bonds is 6. The Balaban J connectivity index is 1.74. The first-order chi connectivity index (χ1) is 9.70. The number of nitrogens with one attached hydrogen (secondary N) is 1. The van der Waals surface area contributed by atoms with Crippen molar-refractivity contribution in [3.05, 3.63) is 50.4 Å². The molecule has 1 N–H and O–H groups in total. The molecule has 1 fully saturated rings. The lowest BCUT2D eigenvalue weighted by atomic mass is 9.96. The van der Waals surface area contributed by atoms with Crippen LogP contribution in [-0.4, -0.2) is 17.6 Å². The molecule has 1 saturated carbocycles. The van der Waals surface area contributed by atoms with Gasteiger partial charge in [-0.25, -0.2) is 4.98 Å². The third-order valence-corrected chi connectivity index (χ3v) is 5.12. The fraction of sp³-hybridized carbons (Fsp3) is 0.438. The van der Waals surface area contributed by atoms with E-state index in [4.69, 9.17) is 0 Å². The first-order valence-electron chi connectivity index (χ1n) is 7.10. The maximum Gasteiger partial charge on any atom is 0.0934 e. The van der Waals surface area contributed by atoms with Gasteiger partial charge < -0.3 is 5.32 Å². The summed E-state index contributed by atoms with van der Waals surface area (Å²) in [6.45, 7) is 3.11. The Morgan fingerprint density at radius 2 is 2.30 bits per heavy atom. The van der Waals surface area contributed by atoms with Crippen LogP contribution in [0.25, 0.3) is 0 Å². The summed E-state index contributed by atoms with van der Waals surface area (Å²) < 4.78 is 1.15. The summed E-state index contributed by atoms with van der Waals surface area (Å²) in [4.78, 5) is 4.62. The highest BCUT2D eigenvalue weighted by atomic mass is 79.9. The highest BCUT2D eigenvalue weighted by Gasteiger charge is 2.23. The van der Waals surface area contributed by atoms with Gasteiger partial charge in [0.15, 0.2) is 0 Å². The highest BCUT2D eigenvalue weighted by Crippen LogP contribution is 2.26. The average Bonchev–Trinajstić information content (AvgIpc) is 3.17. The minimum atomic E-state index is 0.499. The highest BCUT2D eigenvalue weighted by molar-refractivity contribution is 9.10. The molecule has 3 rings (SSSR count). The molecule has 0 spiro atoms. The number of hydrogen-bond acceptors (Lipinski definition) is 3. The van der Waals surface area contributed by atoms with E-state index in [0.717, 1.165) is 29.2 Å². The van der Waals surface area contributed by atoms with Crippen molar-refractivity contribution in [3.8, 4) is 0 Å². The van der Waals surface area contributed by atoms with Crippen LogP contribution in [0.5, 0.6) is 0 Å². The lowest BCUT2D eigenvalue weighted by Gasteiger charge is -2.17. The van der Waals surface area contributed by atoms with Crippen molar-refractivity contribution in [1.82, 2.24) is 10.3 Å². The van der Waals surface area contributed by atoms with E-state index in [1.165, 1.54) is 23.4 Å². The molecule has 1 aromatic heterocycles. The Labute approximate surface area is 132 Å². The van der Waals surface area contributed by atoms with E-state index in [2.05, 4.69) is 62.8 Å². The van der Waals surface area contributed by atoms with Gasteiger partial charge in [0.05, 0.1) is 5.01 Å². The largest absolute Gasteiger partial charge is 0.313 e. The van der Waals surface area contributed by atoms with E-state index in [1.54, 1.807) is 11.3 Å². The molecule has 0 radical (unpaired) electrons. The Hall–Kier alpha value is -0.710. The SMILES string of the molecule is Cc1csc(CC(CNC2CC2)c2cccc(Br)c2)n1. The van der Waals surface area contributed by atoms with Crippen molar-refractivity contribution in [2.75, 3.05) is 6.54 Å². The zero-order valence-corrected chi connectivity index (χ0v) is 14.0. The van der Waals surface area contributed by atoms with Gasteiger partial charge in [-0.3, -0.25) is 0 Å². The normalized spacial score (nSPS) is 16.3. The Bertz CT molecular complexity index is 577. The molecule has 0 aliphatic heterocycles. The molecule has 1 aliphatic rings. The van der Waals surface area contributed by atoms with Crippen molar-refractivity contribution in [2.24, 2.45) is 0 Å². The van der Waals surface area contributed by atoms with Crippen molar-refractivity contribution >= 4 is 27.3 Å². The van der Waals surface area contributed by atoms with Crippen LogP contribution in [0.15, 0.2) is 34.1 Å². The molecule has 1 atom stereocenters. The molecule has 0 bridgehead atoms. The molecule has 106 valence electrons. The lowest BCUT2D eigenvalue weighted by molar-refractivity contribution is 0.575. The number of nitrogens with zero attached hydrogens (tertiary/aromatic N) is 1. The maximum absolute atomic E-state index is 4.62.